The van der Waals surface area contributed by atoms with Crippen LogP contribution in [0.25, 0.3) is 4.96 Å². The topological polar surface area (TPSA) is 81.2 Å². The fraction of sp³-hybridized carbons (Fsp3) is 0.611. The molecule has 9 heteroatoms. The van der Waals surface area contributed by atoms with Gasteiger partial charge in [0.25, 0.3) is 5.56 Å². The van der Waals surface area contributed by atoms with E-state index in [0.29, 0.717) is 10.9 Å². The Kier molecular flexibility index (Phi) is 4.18. The molecule has 3 aromatic rings. The summed E-state index contributed by atoms with van der Waals surface area (Å²) in [5, 5.41) is 14.4. The van der Waals surface area contributed by atoms with Gasteiger partial charge in [0.05, 0.1) is 0 Å². The van der Waals surface area contributed by atoms with E-state index >= 15 is 0 Å². The van der Waals surface area contributed by atoms with Crippen LogP contribution in [-0.2, 0) is 13.0 Å². The molecule has 1 atom stereocenters. The zero-order chi connectivity index (χ0) is 18.4. The molecule has 0 N–H and O–H groups in total. The summed E-state index contributed by atoms with van der Waals surface area (Å²) in [7, 11) is 0. The van der Waals surface area contributed by atoms with Gasteiger partial charge in [0, 0.05) is 43.7 Å². The molecule has 0 spiro atoms. The molecule has 1 fully saturated rings. The number of hydrogen-bond acceptors (Lipinski definition) is 7. The van der Waals surface area contributed by atoms with Crippen molar-refractivity contribution < 1.29 is 0 Å². The van der Waals surface area contributed by atoms with Crippen LogP contribution >= 0.6 is 11.3 Å². The summed E-state index contributed by atoms with van der Waals surface area (Å²) in [5.74, 6) is 2.63. The highest BCUT2D eigenvalue weighted by atomic mass is 32.1. The van der Waals surface area contributed by atoms with Gasteiger partial charge in [-0.05, 0) is 32.6 Å². The minimum absolute atomic E-state index is 0.115. The largest absolute Gasteiger partial charge is 0.346 e. The van der Waals surface area contributed by atoms with Crippen molar-refractivity contribution in [2.75, 3.05) is 18.0 Å². The van der Waals surface area contributed by atoms with E-state index in [1.807, 2.05) is 6.92 Å². The molecule has 27 heavy (non-hydrogen) atoms. The van der Waals surface area contributed by atoms with E-state index in [0.717, 1.165) is 61.4 Å². The SMILES string of the molecule is Cc1cc(=O)n2nc(N3CCCC(c4nnc5n4CCCCC5)C3)sc2n1. The Labute approximate surface area is 160 Å². The second-order valence-electron chi connectivity index (χ2n) is 7.54. The van der Waals surface area contributed by atoms with Crippen molar-refractivity contribution in [2.24, 2.45) is 0 Å². The second-order valence-corrected chi connectivity index (χ2v) is 8.47. The van der Waals surface area contributed by atoms with Gasteiger partial charge < -0.3 is 9.47 Å². The molecular weight excluding hydrogens is 362 g/mol. The van der Waals surface area contributed by atoms with Gasteiger partial charge in [-0.15, -0.1) is 15.3 Å². The zero-order valence-electron chi connectivity index (χ0n) is 15.5. The average Bonchev–Trinajstić information content (AvgIpc) is 3.20. The molecule has 8 nitrogen and oxygen atoms in total. The van der Waals surface area contributed by atoms with Gasteiger partial charge in [-0.25, -0.2) is 4.98 Å². The molecule has 0 bridgehead atoms. The summed E-state index contributed by atoms with van der Waals surface area (Å²) in [6.07, 6.45) is 6.94. The predicted molar refractivity (Wildman–Crippen MR) is 104 cm³/mol. The first-order valence-corrected chi connectivity index (χ1v) is 10.5. The number of fused-ring (bicyclic) bond motifs is 2. The predicted octanol–water partition coefficient (Wildman–Crippen LogP) is 2.16. The Morgan fingerprint density at radius 1 is 1.15 bits per heavy atom. The van der Waals surface area contributed by atoms with Crippen LogP contribution < -0.4 is 10.5 Å². The molecule has 5 rings (SSSR count). The Hall–Kier alpha value is -2.29. The Morgan fingerprint density at radius 2 is 2.07 bits per heavy atom. The van der Waals surface area contributed by atoms with Gasteiger partial charge >= 0.3 is 0 Å². The Bertz CT molecular complexity index is 1040. The molecule has 2 aliphatic rings. The summed E-state index contributed by atoms with van der Waals surface area (Å²) in [6.45, 7) is 4.69. The molecule has 0 radical (unpaired) electrons. The maximum Gasteiger partial charge on any atom is 0.275 e. The van der Waals surface area contributed by atoms with Crippen LogP contribution in [0.5, 0.6) is 0 Å². The molecule has 0 saturated carbocycles. The molecule has 0 aromatic carbocycles. The number of aryl methyl sites for hydroxylation is 2. The lowest BCUT2D eigenvalue weighted by atomic mass is 9.97. The fourth-order valence-corrected chi connectivity index (χ4v) is 5.20. The summed E-state index contributed by atoms with van der Waals surface area (Å²) < 4.78 is 3.77. The van der Waals surface area contributed by atoms with Crippen LogP contribution in [0.1, 0.15) is 55.4 Å². The Balaban J connectivity index is 1.44. The molecule has 1 unspecified atom stereocenters. The molecule has 5 heterocycles. The number of anilines is 1. The van der Waals surface area contributed by atoms with Crippen molar-refractivity contribution in [3.05, 3.63) is 33.8 Å². The number of aromatic nitrogens is 6. The standard InChI is InChI=1S/C18H23N7OS/c1-12-10-15(26)25-17(19-12)27-18(22-25)23-8-5-6-13(11-23)16-21-20-14-7-3-2-4-9-24(14)16/h10,13H,2-9,11H2,1H3. The minimum atomic E-state index is -0.115. The molecule has 2 aliphatic heterocycles. The smallest absolute Gasteiger partial charge is 0.275 e. The summed E-state index contributed by atoms with van der Waals surface area (Å²) in [4.78, 5) is 19.6. The van der Waals surface area contributed by atoms with Crippen LogP contribution in [0, 0.1) is 6.92 Å². The van der Waals surface area contributed by atoms with Crippen LogP contribution in [0.4, 0.5) is 5.13 Å². The van der Waals surface area contributed by atoms with Crippen molar-refractivity contribution in [3.63, 3.8) is 0 Å². The van der Waals surface area contributed by atoms with Crippen LogP contribution in [-0.4, -0.2) is 42.5 Å². The normalized spacial score (nSPS) is 20.6. The lowest BCUT2D eigenvalue weighted by Gasteiger charge is -2.31. The highest BCUT2D eigenvalue weighted by Gasteiger charge is 2.29. The van der Waals surface area contributed by atoms with Crippen molar-refractivity contribution >= 4 is 21.4 Å². The van der Waals surface area contributed by atoms with Crippen molar-refractivity contribution in [2.45, 2.75) is 57.9 Å². The third kappa shape index (κ3) is 3.03. The van der Waals surface area contributed by atoms with Gasteiger partial charge in [-0.3, -0.25) is 4.79 Å². The number of rotatable bonds is 2. The molecule has 142 valence electrons. The highest BCUT2D eigenvalue weighted by Crippen LogP contribution is 2.32. The van der Waals surface area contributed by atoms with Crippen molar-refractivity contribution in [1.82, 2.24) is 29.4 Å². The lowest BCUT2D eigenvalue weighted by Crippen LogP contribution is -2.35. The monoisotopic (exact) mass is 385 g/mol. The van der Waals surface area contributed by atoms with Crippen LogP contribution in [0.2, 0.25) is 0 Å². The first-order valence-electron chi connectivity index (χ1n) is 9.73. The maximum absolute atomic E-state index is 12.2. The highest BCUT2D eigenvalue weighted by molar-refractivity contribution is 7.20. The van der Waals surface area contributed by atoms with Crippen molar-refractivity contribution in [1.29, 1.82) is 0 Å². The van der Waals surface area contributed by atoms with E-state index in [1.54, 1.807) is 0 Å². The number of hydrogen-bond donors (Lipinski definition) is 0. The average molecular weight is 385 g/mol. The van der Waals surface area contributed by atoms with E-state index in [2.05, 4.69) is 29.7 Å². The molecule has 1 saturated heterocycles. The molecule has 0 amide bonds. The van der Waals surface area contributed by atoms with Gasteiger partial charge in [-0.1, -0.05) is 17.8 Å². The molecule has 3 aromatic heterocycles. The third-order valence-corrected chi connectivity index (χ3v) is 6.53. The van der Waals surface area contributed by atoms with Gasteiger partial charge in [-0.2, -0.15) is 4.52 Å². The lowest BCUT2D eigenvalue weighted by molar-refractivity contribution is 0.464. The van der Waals surface area contributed by atoms with E-state index in [-0.39, 0.29) is 5.56 Å². The second kappa shape index (κ2) is 6.70. The fourth-order valence-electron chi connectivity index (χ4n) is 4.21. The van der Waals surface area contributed by atoms with E-state index < -0.39 is 0 Å². The Morgan fingerprint density at radius 3 is 3.00 bits per heavy atom. The third-order valence-electron chi connectivity index (χ3n) is 5.56. The van der Waals surface area contributed by atoms with Crippen molar-refractivity contribution in [3.8, 4) is 0 Å². The molecule has 0 aliphatic carbocycles. The first-order chi connectivity index (χ1) is 13.2. The zero-order valence-corrected chi connectivity index (χ0v) is 16.3. The molecular formula is C18H23N7OS. The summed E-state index contributed by atoms with van der Waals surface area (Å²) in [5.41, 5.74) is 0.620. The van der Waals surface area contributed by atoms with E-state index in [1.165, 1.54) is 41.2 Å². The van der Waals surface area contributed by atoms with Crippen LogP contribution in [0.3, 0.4) is 0 Å². The maximum atomic E-state index is 12.2. The van der Waals surface area contributed by atoms with Gasteiger partial charge in [0.15, 0.2) is 0 Å². The summed E-state index contributed by atoms with van der Waals surface area (Å²) >= 11 is 1.49. The summed E-state index contributed by atoms with van der Waals surface area (Å²) in [6, 6.07) is 1.53. The number of piperidine rings is 1. The minimum Gasteiger partial charge on any atom is -0.346 e. The van der Waals surface area contributed by atoms with E-state index in [9.17, 15) is 4.79 Å². The van der Waals surface area contributed by atoms with Gasteiger partial charge in [0.1, 0.15) is 11.6 Å². The number of nitrogens with zero attached hydrogens (tertiary/aromatic N) is 7. The quantitative estimate of drug-likeness (QED) is 0.672. The van der Waals surface area contributed by atoms with Crippen LogP contribution in [0.15, 0.2) is 10.9 Å². The van der Waals surface area contributed by atoms with E-state index in [4.69, 9.17) is 0 Å². The first kappa shape index (κ1) is 16.9. The van der Waals surface area contributed by atoms with Gasteiger partial charge in [0.2, 0.25) is 10.1 Å².